The Bertz CT molecular complexity index is 1200. The number of thiophene rings is 1. The Morgan fingerprint density at radius 2 is 2.00 bits per heavy atom. The summed E-state index contributed by atoms with van der Waals surface area (Å²) in [4.78, 5) is 34.2. The summed E-state index contributed by atoms with van der Waals surface area (Å²) in [5.41, 5.74) is 2.03. The summed E-state index contributed by atoms with van der Waals surface area (Å²) in [6.45, 7) is 5.22. The van der Waals surface area contributed by atoms with Gasteiger partial charge in [0.05, 0.1) is 12.3 Å². The van der Waals surface area contributed by atoms with Crippen LogP contribution in [0.15, 0.2) is 35.3 Å². The van der Waals surface area contributed by atoms with E-state index in [1.54, 1.807) is 13.0 Å². The first-order chi connectivity index (χ1) is 14.9. The number of benzene rings is 1. The molecule has 0 spiro atoms. The minimum Gasteiger partial charge on any atom is -0.460 e. The molecular weight excluding hydrogens is 440 g/mol. The van der Waals surface area contributed by atoms with Crippen molar-refractivity contribution in [3.8, 4) is 5.00 Å². The standard InChI is InChI=1S/C21H19ClN4O4S/c1-4-12-10-14-16(13-8-6-7-9-15(13)22)23-19(30-11(3)27)18-24-17(21(28)29-5-2)25-26(18)20(14)31-12/h6-10,19H,4-5H2,1-3H3. The second kappa shape index (κ2) is 8.60. The number of aliphatic imine (C=N–C) groups is 1. The van der Waals surface area contributed by atoms with Gasteiger partial charge in [-0.05, 0) is 25.5 Å². The van der Waals surface area contributed by atoms with Crippen LogP contribution in [0.5, 0.6) is 0 Å². The molecule has 0 N–H and O–H groups in total. The molecule has 0 saturated heterocycles. The molecule has 1 aliphatic heterocycles. The molecule has 4 rings (SSSR count). The van der Waals surface area contributed by atoms with E-state index < -0.39 is 18.2 Å². The maximum Gasteiger partial charge on any atom is 0.378 e. The lowest BCUT2D eigenvalue weighted by molar-refractivity contribution is -0.146. The normalized spacial score (nSPS) is 14.8. The number of carbonyl (C=O) groups is 2. The van der Waals surface area contributed by atoms with Crippen LogP contribution in [0.25, 0.3) is 5.00 Å². The Labute approximate surface area is 187 Å². The molecule has 3 aromatic rings. The number of fused-ring (bicyclic) bond motifs is 3. The molecule has 10 heteroatoms. The summed E-state index contributed by atoms with van der Waals surface area (Å²) < 4.78 is 12.0. The lowest BCUT2D eigenvalue weighted by atomic mass is 10.0. The number of aryl methyl sites for hydroxylation is 1. The number of esters is 2. The fourth-order valence-corrected chi connectivity index (χ4v) is 4.48. The van der Waals surface area contributed by atoms with Crippen LogP contribution >= 0.6 is 22.9 Å². The van der Waals surface area contributed by atoms with Crippen LogP contribution in [0.4, 0.5) is 0 Å². The van der Waals surface area contributed by atoms with Crippen molar-refractivity contribution in [2.45, 2.75) is 33.4 Å². The molecule has 0 amide bonds. The zero-order valence-corrected chi connectivity index (χ0v) is 18.7. The largest absolute Gasteiger partial charge is 0.460 e. The first-order valence-electron chi connectivity index (χ1n) is 9.70. The molecule has 1 atom stereocenters. The third-order valence-electron chi connectivity index (χ3n) is 4.52. The molecular formula is C21H19ClN4O4S. The fraction of sp³-hybridized carbons (Fsp3) is 0.286. The van der Waals surface area contributed by atoms with E-state index in [-0.39, 0.29) is 18.3 Å². The third kappa shape index (κ3) is 3.98. The second-order valence-corrected chi connectivity index (χ2v) is 8.15. The van der Waals surface area contributed by atoms with Gasteiger partial charge >= 0.3 is 11.9 Å². The predicted octanol–water partition coefficient (Wildman–Crippen LogP) is 4.13. The first kappa shape index (κ1) is 21.2. The van der Waals surface area contributed by atoms with Gasteiger partial charge in [0, 0.05) is 28.0 Å². The van der Waals surface area contributed by atoms with Crippen molar-refractivity contribution in [1.29, 1.82) is 0 Å². The van der Waals surface area contributed by atoms with Crippen LogP contribution in [0.3, 0.4) is 0 Å². The predicted molar refractivity (Wildman–Crippen MR) is 116 cm³/mol. The van der Waals surface area contributed by atoms with Gasteiger partial charge < -0.3 is 9.47 Å². The monoisotopic (exact) mass is 458 g/mol. The SMILES string of the molecule is CCOC(=O)c1nc2n(n1)-c1sc(CC)cc1C(c1ccccc1Cl)=NC2OC(C)=O. The van der Waals surface area contributed by atoms with E-state index in [1.807, 2.05) is 31.2 Å². The number of halogens is 1. The van der Waals surface area contributed by atoms with Gasteiger partial charge in [0.25, 0.3) is 12.1 Å². The van der Waals surface area contributed by atoms with Crippen LogP contribution in [-0.4, -0.2) is 39.0 Å². The number of hydrogen-bond acceptors (Lipinski definition) is 8. The van der Waals surface area contributed by atoms with Crippen LogP contribution < -0.4 is 0 Å². The second-order valence-electron chi connectivity index (χ2n) is 6.63. The maximum atomic E-state index is 12.3. The smallest absolute Gasteiger partial charge is 0.378 e. The average Bonchev–Trinajstić information content (AvgIpc) is 3.34. The Kier molecular flexibility index (Phi) is 5.88. The molecule has 8 nitrogen and oxygen atoms in total. The summed E-state index contributed by atoms with van der Waals surface area (Å²) in [6, 6.07) is 9.32. The highest BCUT2D eigenvalue weighted by Crippen LogP contribution is 2.37. The molecule has 0 fully saturated rings. The van der Waals surface area contributed by atoms with E-state index in [0.717, 1.165) is 16.9 Å². The van der Waals surface area contributed by atoms with Crippen LogP contribution in [0.2, 0.25) is 5.02 Å². The van der Waals surface area contributed by atoms with E-state index in [9.17, 15) is 9.59 Å². The Morgan fingerprint density at radius 1 is 1.23 bits per heavy atom. The summed E-state index contributed by atoms with van der Waals surface area (Å²) in [6.07, 6.45) is -0.306. The average molecular weight is 459 g/mol. The van der Waals surface area contributed by atoms with Crippen LogP contribution in [0, 0.1) is 0 Å². The molecule has 2 aromatic heterocycles. The molecule has 0 bridgehead atoms. The highest BCUT2D eigenvalue weighted by Gasteiger charge is 2.33. The Balaban J connectivity index is 1.98. The third-order valence-corrected chi connectivity index (χ3v) is 6.11. The van der Waals surface area contributed by atoms with Gasteiger partial charge in [0.15, 0.2) is 5.82 Å². The van der Waals surface area contributed by atoms with E-state index in [4.69, 9.17) is 26.1 Å². The molecule has 0 saturated carbocycles. The molecule has 1 unspecified atom stereocenters. The number of rotatable bonds is 5. The van der Waals surface area contributed by atoms with Crippen LogP contribution in [0.1, 0.15) is 59.4 Å². The van der Waals surface area contributed by atoms with Gasteiger partial charge in [0.2, 0.25) is 0 Å². The number of carbonyl (C=O) groups excluding carboxylic acids is 2. The lowest BCUT2D eigenvalue weighted by Gasteiger charge is -2.12. The van der Waals surface area contributed by atoms with E-state index in [0.29, 0.717) is 21.3 Å². The minimum absolute atomic E-state index is 0.122. The van der Waals surface area contributed by atoms with Gasteiger partial charge in [-0.1, -0.05) is 36.7 Å². The van der Waals surface area contributed by atoms with Gasteiger partial charge in [-0.3, -0.25) is 4.79 Å². The summed E-state index contributed by atoms with van der Waals surface area (Å²) in [5, 5.41) is 5.59. The van der Waals surface area contributed by atoms with Crippen molar-refractivity contribution in [2.75, 3.05) is 6.61 Å². The molecule has 3 heterocycles. The van der Waals surface area contributed by atoms with E-state index >= 15 is 0 Å². The van der Waals surface area contributed by atoms with Crippen molar-refractivity contribution in [3.05, 3.63) is 63.0 Å². The zero-order valence-electron chi connectivity index (χ0n) is 17.1. The van der Waals surface area contributed by atoms with Crippen molar-refractivity contribution in [2.24, 2.45) is 4.99 Å². The van der Waals surface area contributed by atoms with Crippen LogP contribution in [-0.2, 0) is 20.7 Å². The van der Waals surface area contributed by atoms with Gasteiger partial charge in [-0.2, -0.15) is 4.98 Å². The van der Waals surface area contributed by atoms with Crippen molar-refractivity contribution >= 4 is 40.6 Å². The number of aromatic nitrogens is 3. The first-order valence-corrected chi connectivity index (χ1v) is 10.9. The highest BCUT2D eigenvalue weighted by molar-refractivity contribution is 7.15. The minimum atomic E-state index is -1.11. The molecule has 0 aliphatic carbocycles. The zero-order chi connectivity index (χ0) is 22.1. The van der Waals surface area contributed by atoms with E-state index in [1.165, 1.54) is 22.9 Å². The summed E-state index contributed by atoms with van der Waals surface area (Å²) >= 11 is 7.97. The molecule has 160 valence electrons. The van der Waals surface area contributed by atoms with Crippen molar-refractivity contribution in [3.63, 3.8) is 0 Å². The number of hydrogen-bond donors (Lipinski definition) is 0. The molecule has 31 heavy (non-hydrogen) atoms. The van der Waals surface area contributed by atoms with Gasteiger partial charge in [-0.15, -0.1) is 16.4 Å². The van der Waals surface area contributed by atoms with Crippen molar-refractivity contribution < 1.29 is 19.1 Å². The fourth-order valence-electron chi connectivity index (χ4n) is 3.20. The summed E-state index contributed by atoms with van der Waals surface area (Å²) in [5.74, 6) is -1.11. The van der Waals surface area contributed by atoms with Gasteiger partial charge in [-0.25, -0.2) is 14.5 Å². The topological polar surface area (TPSA) is 95.7 Å². The highest BCUT2D eigenvalue weighted by atomic mass is 35.5. The number of ether oxygens (including phenoxy) is 2. The Hall–Kier alpha value is -3.04. The van der Waals surface area contributed by atoms with Gasteiger partial charge in [0.1, 0.15) is 5.00 Å². The van der Waals surface area contributed by atoms with E-state index in [2.05, 4.69) is 10.1 Å². The molecule has 0 radical (unpaired) electrons. The quantitative estimate of drug-likeness (QED) is 0.533. The molecule has 1 aliphatic rings. The Morgan fingerprint density at radius 3 is 2.68 bits per heavy atom. The lowest BCUT2D eigenvalue weighted by Crippen LogP contribution is -2.12. The van der Waals surface area contributed by atoms with Crippen molar-refractivity contribution in [1.82, 2.24) is 14.8 Å². The maximum absolute atomic E-state index is 12.3. The summed E-state index contributed by atoms with van der Waals surface area (Å²) in [7, 11) is 0. The molecule has 1 aromatic carbocycles. The number of nitrogens with zero attached hydrogens (tertiary/aromatic N) is 4.